The number of hydrogen-bond acceptors (Lipinski definition) is 5. The van der Waals surface area contributed by atoms with Crippen LogP contribution in [0.5, 0.6) is 11.5 Å². The van der Waals surface area contributed by atoms with Gasteiger partial charge in [0, 0.05) is 38.2 Å². The number of nitrogens with one attached hydrogen (secondary N) is 1. The number of ether oxygens (including phenoxy) is 4. The van der Waals surface area contributed by atoms with Crippen LogP contribution in [0.1, 0.15) is 13.8 Å². The van der Waals surface area contributed by atoms with Crippen LogP contribution in [0.3, 0.4) is 0 Å². The molecule has 2 aliphatic heterocycles. The summed E-state index contributed by atoms with van der Waals surface area (Å²) in [6.45, 7) is 12.1. The van der Waals surface area contributed by atoms with E-state index in [0.29, 0.717) is 41.0 Å². The summed E-state index contributed by atoms with van der Waals surface area (Å²) in [6, 6.07) is 13.9. The van der Waals surface area contributed by atoms with Crippen molar-refractivity contribution in [2.24, 2.45) is 0 Å². The standard InChI is InChI=1S/C28H36ClN3O5Si/c1-28(2,37-19-35-13-14-38(4,5)6)18-36-25-12-11-22(15-26(25)34-3)31-17-24-23(27(31)33)16-32(30-24)21-9-7-20(29)8-10-21/h7-12,15-17,30H,13-14,18-19H2,1-6H3. The summed E-state index contributed by atoms with van der Waals surface area (Å²) in [4.78, 5) is 13.2. The second kappa shape index (κ2) is 11.4. The molecule has 2 aromatic carbocycles. The Balaban J connectivity index is 1.43. The molecule has 0 bridgehead atoms. The minimum Gasteiger partial charge on any atom is -0.493 e. The van der Waals surface area contributed by atoms with Gasteiger partial charge in [-0.2, -0.15) is 0 Å². The molecule has 1 N–H and O–H groups in total. The van der Waals surface area contributed by atoms with Gasteiger partial charge in [0.15, 0.2) is 11.5 Å². The second-order valence-electron chi connectivity index (χ2n) is 11.1. The normalized spacial score (nSPS) is 12.3. The van der Waals surface area contributed by atoms with Crippen molar-refractivity contribution in [3.63, 3.8) is 0 Å². The topological polar surface area (TPSA) is 79.6 Å². The van der Waals surface area contributed by atoms with Gasteiger partial charge >= 0.3 is 0 Å². The van der Waals surface area contributed by atoms with Crippen LogP contribution in [-0.4, -0.2) is 55.1 Å². The first-order chi connectivity index (χ1) is 18.0. The molecule has 0 amide bonds. The molecule has 38 heavy (non-hydrogen) atoms. The van der Waals surface area contributed by atoms with Crippen molar-refractivity contribution in [3.8, 4) is 34.1 Å². The highest BCUT2D eigenvalue weighted by atomic mass is 35.5. The van der Waals surface area contributed by atoms with Crippen molar-refractivity contribution in [1.82, 2.24) is 14.3 Å². The lowest BCUT2D eigenvalue weighted by molar-refractivity contribution is -0.137. The Morgan fingerprint density at radius 1 is 1.00 bits per heavy atom. The van der Waals surface area contributed by atoms with Gasteiger partial charge in [-0.05, 0) is 56.3 Å². The van der Waals surface area contributed by atoms with Gasteiger partial charge < -0.3 is 18.9 Å². The molecule has 0 saturated heterocycles. The summed E-state index contributed by atoms with van der Waals surface area (Å²) in [5.41, 5.74) is 2.16. The van der Waals surface area contributed by atoms with E-state index in [9.17, 15) is 4.79 Å². The Morgan fingerprint density at radius 3 is 2.37 bits per heavy atom. The van der Waals surface area contributed by atoms with Crippen LogP contribution in [0.15, 0.2) is 59.7 Å². The van der Waals surface area contributed by atoms with Crippen molar-refractivity contribution in [2.45, 2.75) is 45.1 Å². The maximum absolute atomic E-state index is 13.2. The Morgan fingerprint density at radius 2 is 1.71 bits per heavy atom. The number of hydrogen-bond donors (Lipinski definition) is 1. The third-order valence-corrected chi connectivity index (χ3v) is 8.09. The van der Waals surface area contributed by atoms with E-state index in [1.165, 1.54) is 0 Å². The SMILES string of the molecule is COc1cc(-n2cc3[nH]n(-c4ccc(Cl)cc4)cc-3c2=O)ccc1OCC(C)(C)OCOCC[Si](C)(C)C. The van der Waals surface area contributed by atoms with Crippen LogP contribution in [0.4, 0.5) is 0 Å². The zero-order valence-corrected chi connectivity index (χ0v) is 24.6. The predicted octanol–water partition coefficient (Wildman–Crippen LogP) is 6.21. The molecule has 2 aromatic rings. The van der Waals surface area contributed by atoms with Gasteiger partial charge in [-0.15, -0.1) is 0 Å². The molecule has 8 nitrogen and oxygen atoms in total. The van der Waals surface area contributed by atoms with Crippen LogP contribution in [0.25, 0.3) is 22.6 Å². The zero-order valence-electron chi connectivity index (χ0n) is 22.8. The summed E-state index contributed by atoms with van der Waals surface area (Å²) in [6.07, 6.45) is 3.56. The summed E-state index contributed by atoms with van der Waals surface area (Å²) in [7, 11) is 0.449. The smallest absolute Gasteiger partial charge is 0.266 e. The fourth-order valence-corrected chi connectivity index (χ4v) is 4.68. The third-order valence-electron chi connectivity index (χ3n) is 6.13. The fourth-order valence-electron chi connectivity index (χ4n) is 3.80. The maximum atomic E-state index is 13.2. The highest BCUT2D eigenvalue weighted by Crippen LogP contribution is 2.31. The minimum atomic E-state index is -1.13. The first-order valence-corrected chi connectivity index (χ1v) is 16.7. The molecule has 0 radical (unpaired) electrons. The van der Waals surface area contributed by atoms with Crippen LogP contribution in [0, 0.1) is 0 Å². The monoisotopic (exact) mass is 557 g/mol. The molecule has 0 unspecified atom stereocenters. The summed E-state index contributed by atoms with van der Waals surface area (Å²) < 4.78 is 26.6. The van der Waals surface area contributed by atoms with E-state index in [1.54, 1.807) is 53.0 Å². The number of halogens is 1. The summed E-state index contributed by atoms with van der Waals surface area (Å²) in [5, 5.41) is 3.90. The molecule has 0 aromatic heterocycles. The van der Waals surface area contributed by atoms with Crippen molar-refractivity contribution < 1.29 is 18.9 Å². The van der Waals surface area contributed by atoms with Gasteiger partial charge in [-0.25, -0.2) is 0 Å². The number of aromatic nitrogens is 3. The van der Waals surface area contributed by atoms with E-state index in [-0.39, 0.29) is 12.4 Å². The van der Waals surface area contributed by atoms with Crippen LogP contribution < -0.4 is 15.0 Å². The molecule has 0 atom stereocenters. The number of rotatable bonds is 12. The lowest BCUT2D eigenvalue weighted by Gasteiger charge is -2.26. The van der Waals surface area contributed by atoms with Crippen LogP contribution in [-0.2, 0) is 9.47 Å². The highest BCUT2D eigenvalue weighted by Gasteiger charge is 2.22. The van der Waals surface area contributed by atoms with Gasteiger partial charge in [0.1, 0.15) is 13.4 Å². The number of H-pyrrole nitrogens is 1. The summed E-state index contributed by atoms with van der Waals surface area (Å²) >= 11 is 5.99. The summed E-state index contributed by atoms with van der Waals surface area (Å²) in [5.74, 6) is 1.09. The number of aromatic amines is 1. The van der Waals surface area contributed by atoms with Crippen LogP contribution >= 0.6 is 11.6 Å². The van der Waals surface area contributed by atoms with Gasteiger partial charge in [0.05, 0.1) is 35.3 Å². The van der Waals surface area contributed by atoms with Crippen molar-refractivity contribution in [2.75, 3.05) is 27.1 Å². The molecule has 2 aliphatic rings. The Labute approximate surface area is 229 Å². The zero-order chi connectivity index (χ0) is 27.5. The molecule has 10 heteroatoms. The fraction of sp³-hybridized carbons (Fsp3) is 0.393. The third kappa shape index (κ3) is 6.90. The maximum Gasteiger partial charge on any atom is 0.266 e. The van der Waals surface area contributed by atoms with Gasteiger partial charge in [0.25, 0.3) is 5.56 Å². The number of benzene rings is 2. The van der Waals surface area contributed by atoms with E-state index >= 15 is 0 Å². The quantitative estimate of drug-likeness (QED) is 0.127. The second-order valence-corrected chi connectivity index (χ2v) is 17.1. The molecule has 2 heterocycles. The van der Waals surface area contributed by atoms with E-state index in [4.69, 9.17) is 30.5 Å². The van der Waals surface area contributed by atoms with E-state index in [2.05, 4.69) is 24.7 Å². The molecule has 0 aliphatic carbocycles. The average Bonchev–Trinajstić information content (AvgIpc) is 3.41. The molecule has 0 fully saturated rings. The Kier molecular flexibility index (Phi) is 8.42. The van der Waals surface area contributed by atoms with E-state index in [1.807, 2.05) is 32.0 Å². The lowest BCUT2D eigenvalue weighted by Crippen LogP contribution is -2.33. The van der Waals surface area contributed by atoms with Crippen molar-refractivity contribution >= 4 is 19.7 Å². The van der Waals surface area contributed by atoms with Crippen molar-refractivity contribution in [3.05, 3.63) is 70.2 Å². The lowest BCUT2D eigenvalue weighted by atomic mass is 10.1. The molecule has 0 spiro atoms. The number of methoxy groups -OCH3 is 1. The Hall–Kier alpha value is -2.98. The van der Waals surface area contributed by atoms with Gasteiger partial charge in [-0.1, -0.05) is 31.2 Å². The highest BCUT2D eigenvalue weighted by molar-refractivity contribution is 6.76. The molecular weight excluding hydrogens is 522 g/mol. The average molecular weight is 558 g/mol. The Bertz CT molecular complexity index is 1380. The van der Waals surface area contributed by atoms with Crippen LogP contribution in [0.2, 0.25) is 30.7 Å². The molecule has 204 valence electrons. The van der Waals surface area contributed by atoms with Gasteiger partial charge in [0.2, 0.25) is 0 Å². The van der Waals surface area contributed by atoms with Crippen molar-refractivity contribution in [1.29, 1.82) is 0 Å². The number of nitrogens with zero attached hydrogens (tertiary/aromatic N) is 2. The largest absolute Gasteiger partial charge is 0.493 e. The van der Waals surface area contributed by atoms with E-state index < -0.39 is 13.7 Å². The van der Waals surface area contributed by atoms with E-state index in [0.717, 1.165) is 17.4 Å². The molecule has 4 rings (SSSR count). The van der Waals surface area contributed by atoms with Gasteiger partial charge in [-0.3, -0.25) is 19.1 Å². The molecule has 0 saturated carbocycles. The minimum absolute atomic E-state index is 0.136. The number of fused-ring (bicyclic) bond motifs is 1. The molecular formula is C28H36ClN3O5Si. The predicted molar refractivity (Wildman–Crippen MR) is 154 cm³/mol. The first kappa shape index (κ1) is 28.0. The first-order valence-electron chi connectivity index (χ1n) is 12.6.